The normalized spacial score (nSPS) is 21.4. The van der Waals surface area contributed by atoms with E-state index in [1.807, 2.05) is 41.8 Å². The van der Waals surface area contributed by atoms with E-state index in [1.54, 1.807) is 30.3 Å². The largest absolute Gasteiger partial charge is 0.476 e. The van der Waals surface area contributed by atoms with E-state index in [-0.39, 0.29) is 17.1 Å². The molecule has 0 amide bonds. The molecule has 1 aromatic carbocycles. The summed E-state index contributed by atoms with van der Waals surface area (Å²) in [6, 6.07) is 14.4. The van der Waals surface area contributed by atoms with Crippen molar-refractivity contribution in [2.45, 2.75) is 32.5 Å². The second kappa shape index (κ2) is 6.46. The number of fused-ring (bicyclic) bond motifs is 3. The van der Waals surface area contributed by atoms with E-state index in [4.69, 9.17) is 4.74 Å². The summed E-state index contributed by atoms with van der Waals surface area (Å²) in [6.07, 6.45) is 2.25. The lowest BCUT2D eigenvalue weighted by Crippen LogP contribution is -2.50. The van der Waals surface area contributed by atoms with Crippen LogP contribution < -0.4 is 4.74 Å². The molecule has 4 rings (SSSR count). The Morgan fingerprint density at radius 3 is 2.46 bits per heavy atom. The lowest BCUT2D eigenvalue weighted by atomic mass is 9.83. The third-order valence-corrected chi connectivity index (χ3v) is 5.33. The van der Waals surface area contributed by atoms with Gasteiger partial charge in [0, 0.05) is 22.9 Å². The molecule has 0 saturated carbocycles. The highest BCUT2D eigenvalue weighted by atomic mass is 16.5. The number of aryl methyl sites for hydroxylation is 1. The maximum atomic E-state index is 13.2. The Labute approximate surface area is 162 Å². The highest BCUT2D eigenvalue weighted by molar-refractivity contribution is 6.06. The Morgan fingerprint density at radius 1 is 1.11 bits per heavy atom. The topological polar surface area (TPSA) is 68.0 Å². The number of rotatable bonds is 3. The number of nitrogens with zero attached hydrogens (tertiary/aromatic N) is 1. The Balaban J connectivity index is 1.97. The second-order valence-electron chi connectivity index (χ2n) is 7.29. The lowest BCUT2D eigenvalue weighted by molar-refractivity contribution is -0.116. The van der Waals surface area contributed by atoms with Crippen molar-refractivity contribution < 1.29 is 19.4 Å². The first kappa shape index (κ1) is 18.2. The van der Waals surface area contributed by atoms with E-state index in [9.17, 15) is 14.7 Å². The van der Waals surface area contributed by atoms with Gasteiger partial charge in [0.2, 0.25) is 5.78 Å². The Morgan fingerprint density at radius 2 is 1.79 bits per heavy atom. The summed E-state index contributed by atoms with van der Waals surface area (Å²) in [5, 5.41) is 11.3. The maximum absolute atomic E-state index is 13.2. The molecule has 3 aromatic rings. The summed E-state index contributed by atoms with van der Waals surface area (Å²) in [5.41, 5.74) is 1.18. The van der Waals surface area contributed by atoms with Crippen molar-refractivity contribution in [2.75, 3.05) is 0 Å². The van der Waals surface area contributed by atoms with Gasteiger partial charge < -0.3 is 14.2 Å². The van der Waals surface area contributed by atoms with Gasteiger partial charge in [0.25, 0.3) is 0 Å². The number of hydrogen-bond acceptors (Lipinski definition) is 4. The van der Waals surface area contributed by atoms with Gasteiger partial charge in [-0.05, 0) is 39.0 Å². The van der Waals surface area contributed by atoms with Crippen LogP contribution in [0.5, 0.6) is 5.75 Å². The van der Waals surface area contributed by atoms with Crippen LogP contribution in [-0.2, 0) is 4.79 Å². The predicted octanol–water partition coefficient (Wildman–Crippen LogP) is 3.62. The molecule has 2 atom stereocenters. The van der Waals surface area contributed by atoms with Gasteiger partial charge in [-0.15, -0.1) is 0 Å². The van der Waals surface area contributed by atoms with Gasteiger partial charge in [-0.1, -0.05) is 36.4 Å². The van der Waals surface area contributed by atoms with Gasteiger partial charge in [-0.2, -0.15) is 0 Å². The van der Waals surface area contributed by atoms with E-state index in [0.29, 0.717) is 17.0 Å². The third-order valence-electron chi connectivity index (χ3n) is 5.33. The van der Waals surface area contributed by atoms with E-state index in [0.717, 1.165) is 11.1 Å². The summed E-state index contributed by atoms with van der Waals surface area (Å²) in [7, 11) is 0. The van der Waals surface area contributed by atoms with Gasteiger partial charge in [-0.3, -0.25) is 9.59 Å². The molecule has 142 valence electrons. The first-order chi connectivity index (χ1) is 13.3. The van der Waals surface area contributed by atoms with Crippen molar-refractivity contribution in [3.8, 4) is 5.75 Å². The molecular weight excluding hydrogens is 354 g/mol. The molecule has 0 spiro atoms. The van der Waals surface area contributed by atoms with Crippen LogP contribution in [0.4, 0.5) is 0 Å². The summed E-state index contributed by atoms with van der Waals surface area (Å²) < 4.78 is 8.06. The van der Waals surface area contributed by atoms with Gasteiger partial charge >= 0.3 is 0 Å². The zero-order valence-corrected chi connectivity index (χ0v) is 16.0. The molecule has 0 aliphatic carbocycles. The maximum Gasteiger partial charge on any atom is 0.206 e. The number of pyridine rings is 1. The fraction of sp³-hybridized carbons (Fsp3) is 0.217. The number of Topliss-reactive ketones (excluding diaryl/α,β-unsaturated/α-hetero) is 2. The predicted molar refractivity (Wildman–Crippen MR) is 107 cm³/mol. The average molecular weight is 375 g/mol. The quantitative estimate of drug-likeness (QED) is 0.710. The van der Waals surface area contributed by atoms with E-state index < -0.39 is 11.7 Å². The molecule has 5 heteroatoms. The van der Waals surface area contributed by atoms with Crippen LogP contribution in [0.1, 0.15) is 35.5 Å². The average Bonchev–Trinajstić information content (AvgIpc) is 2.87. The van der Waals surface area contributed by atoms with Crippen LogP contribution in [-0.4, -0.2) is 32.8 Å². The van der Waals surface area contributed by atoms with Crippen molar-refractivity contribution in [3.63, 3.8) is 0 Å². The van der Waals surface area contributed by atoms with Gasteiger partial charge in [0.05, 0.1) is 11.2 Å². The molecule has 0 saturated heterocycles. The summed E-state index contributed by atoms with van der Waals surface area (Å²) in [4.78, 5) is 25.7. The SMILES string of the molecule is CC(=O)C1=Cc2c(c(C)c3ccccn23)OC(C(=O)c2ccccc2)C1(C)O. The standard InChI is InChI=1S/C23H21NO4/c1-14-18-11-7-8-12-24(18)19-13-17(15(2)25)23(3,27)22(28-21(14)19)20(26)16-9-5-4-6-10-16/h4-13,22,27H,1-3H3. The van der Waals surface area contributed by atoms with Gasteiger partial charge in [0.1, 0.15) is 11.4 Å². The van der Waals surface area contributed by atoms with Crippen molar-refractivity contribution >= 4 is 23.2 Å². The monoisotopic (exact) mass is 375 g/mol. The third kappa shape index (κ3) is 2.67. The fourth-order valence-corrected chi connectivity index (χ4v) is 3.84. The number of hydrogen-bond donors (Lipinski definition) is 1. The van der Waals surface area contributed by atoms with Crippen molar-refractivity contribution in [2.24, 2.45) is 0 Å². The van der Waals surface area contributed by atoms with Gasteiger partial charge in [0.15, 0.2) is 11.9 Å². The van der Waals surface area contributed by atoms with Crippen LogP contribution >= 0.6 is 0 Å². The first-order valence-electron chi connectivity index (χ1n) is 9.13. The van der Waals surface area contributed by atoms with E-state index >= 15 is 0 Å². The molecule has 28 heavy (non-hydrogen) atoms. The van der Waals surface area contributed by atoms with Crippen LogP contribution in [0, 0.1) is 6.92 Å². The smallest absolute Gasteiger partial charge is 0.206 e. The Hall–Kier alpha value is -3.18. The molecule has 5 nitrogen and oxygen atoms in total. The molecule has 3 heterocycles. The highest BCUT2D eigenvalue weighted by Crippen LogP contribution is 2.40. The van der Waals surface area contributed by atoms with Crippen LogP contribution in [0.25, 0.3) is 11.6 Å². The minimum atomic E-state index is -1.78. The molecular formula is C23H21NO4. The summed E-state index contributed by atoms with van der Waals surface area (Å²) >= 11 is 0. The molecule has 1 aliphatic rings. The van der Waals surface area contributed by atoms with Crippen molar-refractivity contribution in [1.29, 1.82) is 0 Å². The van der Waals surface area contributed by atoms with Crippen LogP contribution in [0.3, 0.4) is 0 Å². The summed E-state index contributed by atoms with van der Waals surface area (Å²) in [5.74, 6) is -0.187. The minimum absolute atomic E-state index is 0.142. The number of ketones is 2. The fourth-order valence-electron chi connectivity index (χ4n) is 3.84. The van der Waals surface area contributed by atoms with E-state index in [2.05, 4.69) is 0 Å². The molecule has 0 radical (unpaired) electrons. The Kier molecular flexibility index (Phi) is 4.20. The Bertz CT molecular complexity index is 1120. The molecule has 1 N–H and O–H groups in total. The number of carbonyl (C=O) groups is 2. The van der Waals surface area contributed by atoms with Crippen LogP contribution in [0.2, 0.25) is 0 Å². The number of aromatic nitrogens is 1. The highest BCUT2D eigenvalue weighted by Gasteiger charge is 2.47. The zero-order chi connectivity index (χ0) is 20.1. The number of ether oxygens (including phenoxy) is 1. The van der Waals surface area contributed by atoms with Crippen LogP contribution in [0.15, 0.2) is 60.3 Å². The zero-order valence-electron chi connectivity index (χ0n) is 16.0. The van der Waals surface area contributed by atoms with Crippen molar-refractivity contribution in [1.82, 2.24) is 4.40 Å². The number of carbonyl (C=O) groups excluding carboxylic acids is 2. The lowest BCUT2D eigenvalue weighted by Gasteiger charge is -2.31. The minimum Gasteiger partial charge on any atom is -0.476 e. The molecule has 1 aliphatic heterocycles. The van der Waals surface area contributed by atoms with E-state index in [1.165, 1.54) is 13.8 Å². The molecule has 0 bridgehead atoms. The summed E-state index contributed by atoms with van der Waals surface area (Å²) in [6.45, 7) is 4.75. The molecule has 2 unspecified atom stereocenters. The molecule has 0 fully saturated rings. The first-order valence-corrected chi connectivity index (χ1v) is 9.13. The second-order valence-corrected chi connectivity index (χ2v) is 7.29. The molecule has 2 aromatic heterocycles. The number of aliphatic hydroxyl groups is 1. The van der Waals surface area contributed by atoms with Crippen molar-refractivity contribution in [3.05, 3.63) is 77.1 Å². The number of benzene rings is 1. The van der Waals surface area contributed by atoms with Gasteiger partial charge in [-0.25, -0.2) is 0 Å².